The molecule has 0 bridgehead atoms. The molecule has 2 aromatic carbocycles. The van der Waals surface area contributed by atoms with E-state index in [-0.39, 0.29) is 0 Å². The van der Waals surface area contributed by atoms with Crippen molar-refractivity contribution in [3.05, 3.63) is 64.7 Å². The van der Waals surface area contributed by atoms with Crippen molar-refractivity contribution in [3.63, 3.8) is 0 Å². The van der Waals surface area contributed by atoms with Crippen molar-refractivity contribution in [2.45, 2.75) is 71.4 Å². The number of aryl methyl sites for hydroxylation is 3. The summed E-state index contributed by atoms with van der Waals surface area (Å²) in [4.78, 5) is 0. The summed E-state index contributed by atoms with van der Waals surface area (Å²) in [6.45, 7) is 4.03. The van der Waals surface area contributed by atoms with Crippen LogP contribution in [0.2, 0.25) is 10.3 Å². The lowest BCUT2D eigenvalue weighted by atomic mass is 10.1. The van der Waals surface area contributed by atoms with E-state index in [0.29, 0.717) is 10.3 Å². The van der Waals surface area contributed by atoms with E-state index >= 15 is 0 Å². The van der Waals surface area contributed by atoms with E-state index in [4.69, 9.17) is 23.2 Å². The van der Waals surface area contributed by atoms with Crippen LogP contribution in [0, 0.1) is 0 Å². The van der Waals surface area contributed by atoms with Crippen molar-refractivity contribution < 1.29 is 4.57 Å². The van der Waals surface area contributed by atoms with E-state index in [2.05, 4.69) is 64.8 Å². The van der Waals surface area contributed by atoms with Crippen LogP contribution in [-0.2, 0) is 19.5 Å². The van der Waals surface area contributed by atoms with Gasteiger partial charge in [-0.3, -0.25) is 0 Å². The Balaban J connectivity index is 1.52. The predicted octanol–water partition coefficient (Wildman–Crippen LogP) is 7.23. The monoisotopic (exact) mass is 417 g/mol. The largest absolute Gasteiger partial charge is 0.255 e. The van der Waals surface area contributed by atoms with Gasteiger partial charge in [0, 0.05) is 6.42 Å². The van der Waals surface area contributed by atoms with Crippen LogP contribution < -0.4 is 4.57 Å². The summed E-state index contributed by atoms with van der Waals surface area (Å²) in [7, 11) is 0. The second-order valence-electron chi connectivity index (χ2n) is 7.64. The first-order chi connectivity index (χ1) is 13.7. The van der Waals surface area contributed by atoms with Crippen LogP contribution in [0.15, 0.2) is 48.8 Å². The summed E-state index contributed by atoms with van der Waals surface area (Å²) in [5.41, 5.74) is 1.32. The zero-order chi connectivity index (χ0) is 19.8. The van der Waals surface area contributed by atoms with Gasteiger partial charge in [-0.1, -0.05) is 81.5 Å². The Morgan fingerprint density at radius 3 is 2.36 bits per heavy atom. The first-order valence-electron chi connectivity index (χ1n) is 10.6. The molecule has 1 aromatic heterocycles. The fourth-order valence-electron chi connectivity index (χ4n) is 3.70. The highest BCUT2D eigenvalue weighted by atomic mass is 35.5. The number of fused-ring (bicyclic) bond motifs is 1. The molecule has 2 nitrogen and oxygen atoms in total. The van der Waals surface area contributed by atoms with Gasteiger partial charge in [-0.25, -0.2) is 9.13 Å². The summed E-state index contributed by atoms with van der Waals surface area (Å²) >= 11 is 12.9. The predicted molar refractivity (Wildman–Crippen MR) is 120 cm³/mol. The van der Waals surface area contributed by atoms with Crippen LogP contribution >= 0.6 is 23.2 Å². The van der Waals surface area contributed by atoms with Crippen LogP contribution in [0.4, 0.5) is 0 Å². The summed E-state index contributed by atoms with van der Waals surface area (Å²) < 4.78 is 4.16. The number of hydrogen-bond donors (Lipinski definition) is 0. The molecule has 0 radical (unpaired) electrons. The molecule has 150 valence electrons. The number of nitrogens with zero attached hydrogens (tertiary/aromatic N) is 2. The van der Waals surface area contributed by atoms with Crippen molar-refractivity contribution in [1.82, 2.24) is 4.57 Å². The molecule has 0 atom stereocenters. The smallest absolute Gasteiger partial charge is 0.219 e. The minimum absolute atomic E-state index is 0.644. The second-order valence-corrected chi connectivity index (χ2v) is 8.35. The first-order valence-corrected chi connectivity index (χ1v) is 11.4. The van der Waals surface area contributed by atoms with Gasteiger partial charge in [-0.05, 0) is 52.4 Å². The molecule has 0 spiro atoms. The average molecular weight is 418 g/mol. The number of hydrogen-bond acceptors (Lipinski definition) is 0. The lowest BCUT2D eigenvalue weighted by Crippen LogP contribution is -2.32. The highest BCUT2D eigenvalue weighted by Gasteiger charge is 2.19. The number of rotatable bonds is 11. The number of halogens is 2. The first kappa shape index (κ1) is 21.2. The maximum Gasteiger partial charge on any atom is 0.255 e. The maximum absolute atomic E-state index is 6.48. The summed E-state index contributed by atoms with van der Waals surface area (Å²) in [5.74, 6) is 0. The molecule has 0 saturated carbocycles. The van der Waals surface area contributed by atoms with E-state index in [0.717, 1.165) is 25.9 Å². The van der Waals surface area contributed by atoms with Crippen LogP contribution in [0.1, 0.15) is 57.4 Å². The lowest BCUT2D eigenvalue weighted by Gasteiger charge is -2.03. The van der Waals surface area contributed by atoms with Gasteiger partial charge in [-0.15, -0.1) is 0 Å². The minimum atomic E-state index is 0.644. The van der Waals surface area contributed by atoms with E-state index in [1.165, 1.54) is 54.9 Å². The molecule has 0 aliphatic rings. The third kappa shape index (κ3) is 5.75. The zero-order valence-corrected chi connectivity index (χ0v) is 18.4. The molecule has 1 heterocycles. The standard InChI is InChI=1S/C24H31Cl2N2/c1-2-3-4-5-6-7-10-16-27-19-28(24(26)23(27)25)17-15-20-13-14-21-11-8-9-12-22(21)18-20/h8-9,11-14,18-19H,2-7,10,15-17H2,1H3/q+1. The molecule has 28 heavy (non-hydrogen) atoms. The van der Waals surface area contributed by atoms with E-state index in [9.17, 15) is 0 Å². The van der Waals surface area contributed by atoms with Gasteiger partial charge in [0.2, 0.25) is 6.33 Å². The van der Waals surface area contributed by atoms with Gasteiger partial charge in [0.05, 0.1) is 13.1 Å². The van der Waals surface area contributed by atoms with Crippen molar-refractivity contribution in [2.75, 3.05) is 0 Å². The number of imidazole rings is 1. The summed E-state index contributed by atoms with van der Waals surface area (Å²) in [6, 6.07) is 15.1. The zero-order valence-electron chi connectivity index (χ0n) is 16.8. The topological polar surface area (TPSA) is 8.81 Å². The number of unbranched alkanes of at least 4 members (excludes halogenated alkanes) is 6. The molecule has 0 fully saturated rings. The van der Waals surface area contributed by atoms with Gasteiger partial charge < -0.3 is 0 Å². The molecule has 4 heteroatoms. The highest BCUT2D eigenvalue weighted by Crippen LogP contribution is 2.21. The van der Waals surface area contributed by atoms with Crippen molar-refractivity contribution in [1.29, 1.82) is 0 Å². The molecule has 0 N–H and O–H groups in total. The van der Waals surface area contributed by atoms with Crippen LogP contribution in [0.5, 0.6) is 0 Å². The van der Waals surface area contributed by atoms with E-state index in [1.54, 1.807) is 0 Å². The maximum atomic E-state index is 6.48. The SMILES string of the molecule is CCCCCCCCC[n+]1cn(CCc2ccc3ccccc3c2)c(Cl)c1Cl. The lowest BCUT2D eigenvalue weighted by molar-refractivity contribution is -0.694. The molecule has 3 aromatic rings. The Bertz CT molecular complexity index is 885. The molecule has 0 saturated heterocycles. The molecule has 0 amide bonds. The fourth-order valence-corrected chi connectivity index (χ4v) is 4.17. The molecule has 0 aliphatic carbocycles. The Hall–Kier alpha value is -1.51. The van der Waals surface area contributed by atoms with Crippen molar-refractivity contribution in [3.8, 4) is 0 Å². The number of aromatic nitrogens is 2. The van der Waals surface area contributed by atoms with Crippen LogP contribution in [0.3, 0.4) is 0 Å². The van der Waals surface area contributed by atoms with Crippen LogP contribution in [-0.4, -0.2) is 4.57 Å². The second kappa shape index (κ2) is 10.9. The van der Waals surface area contributed by atoms with Crippen molar-refractivity contribution >= 4 is 34.0 Å². The molecular formula is C24H31Cl2N2+. The van der Waals surface area contributed by atoms with Gasteiger partial charge in [0.15, 0.2) is 0 Å². The van der Waals surface area contributed by atoms with E-state index < -0.39 is 0 Å². The van der Waals surface area contributed by atoms with Gasteiger partial charge in [0.1, 0.15) is 0 Å². The molecule has 3 rings (SSSR count). The van der Waals surface area contributed by atoms with Crippen LogP contribution in [0.25, 0.3) is 10.8 Å². The Labute approximate surface area is 179 Å². The Morgan fingerprint density at radius 1 is 0.857 bits per heavy atom. The minimum Gasteiger partial charge on any atom is -0.219 e. The Morgan fingerprint density at radius 2 is 1.57 bits per heavy atom. The van der Waals surface area contributed by atoms with Crippen molar-refractivity contribution in [2.24, 2.45) is 0 Å². The molecule has 0 unspecified atom stereocenters. The fraction of sp³-hybridized carbons (Fsp3) is 0.458. The highest BCUT2D eigenvalue weighted by molar-refractivity contribution is 6.39. The number of benzene rings is 2. The van der Waals surface area contributed by atoms with Gasteiger partial charge >= 0.3 is 0 Å². The normalized spacial score (nSPS) is 11.4. The van der Waals surface area contributed by atoms with Gasteiger partial charge in [0.25, 0.3) is 10.3 Å². The Kier molecular flexibility index (Phi) is 8.24. The third-order valence-corrected chi connectivity index (χ3v) is 6.30. The summed E-state index contributed by atoms with van der Waals surface area (Å²) in [5, 5.41) is 3.86. The average Bonchev–Trinajstić information content (AvgIpc) is 2.99. The van der Waals surface area contributed by atoms with Gasteiger partial charge in [-0.2, -0.15) is 0 Å². The molecule has 0 aliphatic heterocycles. The molecular weight excluding hydrogens is 387 g/mol. The quantitative estimate of drug-likeness (QED) is 0.229. The third-order valence-electron chi connectivity index (χ3n) is 5.41. The summed E-state index contributed by atoms with van der Waals surface area (Å²) in [6.07, 6.45) is 12.1. The van der Waals surface area contributed by atoms with E-state index in [1.807, 2.05) is 0 Å².